The molecule has 5 aliphatic carbocycles. The number of carbonyl (C=O) groups excluding carboxylic acids is 6. The molecule has 1 aromatic heterocycles. The fourth-order valence-corrected chi connectivity index (χ4v) is 11.1. The number of piperidine rings is 1. The number of nitrogens with one attached hydrogen (secondary N) is 4. The number of rotatable bonds is 14. The maximum atomic E-state index is 15.2. The Bertz CT molecular complexity index is 1840. The Morgan fingerprint density at radius 2 is 1.54 bits per heavy atom. The van der Waals surface area contributed by atoms with Crippen LogP contribution in [0.5, 0.6) is 0 Å². The molecule has 0 radical (unpaired) electrons. The van der Waals surface area contributed by atoms with Crippen molar-refractivity contribution in [1.82, 2.24) is 26.2 Å². The SMILES string of the molecule is CC1([C@H](NC(=O)c2cccs2)C(=O)N[C@H](C(=O)N2C[C@H]3[C@@H]([C@H]2C(=O)NC(CC2CCC2)C(=O)C(=O)NC2CC2)C3(C)C)C2Cc3ccccc3C2)CCCCC1. The van der Waals surface area contributed by atoms with Gasteiger partial charge in [0.15, 0.2) is 0 Å². The second-order valence-corrected chi connectivity index (χ2v) is 19.6. The zero-order chi connectivity index (χ0) is 39.4. The van der Waals surface area contributed by atoms with Gasteiger partial charge in [0.25, 0.3) is 11.8 Å². The Morgan fingerprint density at radius 3 is 2.14 bits per heavy atom. The Hall–Kier alpha value is -4.06. The number of thiophene rings is 1. The number of hydrogen-bond acceptors (Lipinski definition) is 7. The van der Waals surface area contributed by atoms with Gasteiger partial charge in [0, 0.05) is 12.6 Å². The van der Waals surface area contributed by atoms with E-state index in [4.69, 9.17) is 0 Å². The largest absolute Gasteiger partial charge is 0.347 e. The number of benzene rings is 1. The number of ketones is 1. The molecule has 4 saturated carbocycles. The molecule has 56 heavy (non-hydrogen) atoms. The first-order valence-corrected chi connectivity index (χ1v) is 21.9. The fourth-order valence-electron chi connectivity index (χ4n) is 10.4. The van der Waals surface area contributed by atoms with Gasteiger partial charge in [-0.05, 0) is 102 Å². The van der Waals surface area contributed by atoms with Crippen LogP contribution < -0.4 is 21.3 Å². The van der Waals surface area contributed by atoms with Gasteiger partial charge in [0.05, 0.1) is 10.9 Å². The molecule has 0 spiro atoms. The number of carbonyl (C=O) groups is 6. The molecule has 1 saturated heterocycles. The summed E-state index contributed by atoms with van der Waals surface area (Å²) in [5.74, 6) is -2.74. The van der Waals surface area contributed by atoms with Crippen molar-refractivity contribution in [3.63, 3.8) is 0 Å². The topological polar surface area (TPSA) is 154 Å². The van der Waals surface area contributed by atoms with Crippen molar-refractivity contribution in [2.45, 2.75) is 134 Å². The second kappa shape index (κ2) is 15.4. The lowest BCUT2D eigenvalue weighted by Crippen LogP contribution is -2.63. The molecule has 6 atom stereocenters. The lowest BCUT2D eigenvalue weighted by Gasteiger charge is -2.41. The average Bonchev–Trinajstić information content (AvgIpc) is 3.72. The molecular weight excluding hydrogens is 727 g/mol. The van der Waals surface area contributed by atoms with Gasteiger partial charge in [0.1, 0.15) is 18.1 Å². The normalized spacial score (nSPS) is 26.4. The van der Waals surface area contributed by atoms with Gasteiger partial charge < -0.3 is 26.2 Å². The highest BCUT2D eigenvalue weighted by Crippen LogP contribution is 2.65. The van der Waals surface area contributed by atoms with Crippen molar-refractivity contribution >= 4 is 46.7 Å². The molecule has 12 heteroatoms. The number of amides is 5. The molecule has 2 heterocycles. The third-order valence-corrected chi connectivity index (χ3v) is 15.3. The maximum Gasteiger partial charge on any atom is 0.289 e. The van der Waals surface area contributed by atoms with Crippen molar-refractivity contribution in [2.24, 2.45) is 34.5 Å². The molecule has 5 amide bonds. The molecule has 1 unspecified atom stereocenters. The third kappa shape index (κ3) is 7.66. The number of hydrogen-bond donors (Lipinski definition) is 4. The molecule has 0 bridgehead atoms. The number of fused-ring (bicyclic) bond motifs is 2. The highest BCUT2D eigenvalue weighted by atomic mass is 32.1. The standard InChI is InChI=1S/C44H57N5O6S/c1-43(2)30-24-49(35(33(30)43)39(52)46-31(21-25-11-9-12-25)36(50)40(53)45-29-16-17-29)42(55)34(28-22-26-13-5-6-14-27(26)23-28)47-41(54)37(44(3)18-7-4-8-19-44)48-38(51)32-15-10-20-56-32/h5-6,10,13-15,20,25,28-31,33-35,37H,4,7-9,11-12,16-19,21-24H2,1-3H3,(H,45,53)(H,46,52)(H,47,54)(H,48,51)/t30-,31?,33-,34-,35-,37+/m0/s1. The van der Waals surface area contributed by atoms with Gasteiger partial charge in [-0.25, -0.2) is 0 Å². The van der Waals surface area contributed by atoms with E-state index in [1.54, 1.807) is 11.0 Å². The van der Waals surface area contributed by atoms with Crippen LogP contribution in [0, 0.1) is 34.5 Å². The van der Waals surface area contributed by atoms with Gasteiger partial charge in [0.2, 0.25) is 23.5 Å². The first-order chi connectivity index (χ1) is 26.8. The van der Waals surface area contributed by atoms with Crippen LogP contribution in [0.1, 0.15) is 112 Å². The molecule has 8 rings (SSSR count). The predicted molar refractivity (Wildman–Crippen MR) is 212 cm³/mol. The van der Waals surface area contributed by atoms with Crippen LogP contribution in [0.25, 0.3) is 0 Å². The van der Waals surface area contributed by atoms with Crippen LogP contribution >= 0.6 is 11.3 Å². The van der Waals surface area contributed by atoms with Crippen LogP contribution in [0.15, 0.2) is 41.8 Å². The summed E-state index contributed by atoms with van der Waals surface area (Å²) >= 11 is 1.32. The van der Waals surface area contributed by atoms with Gasteiger partial charge in [-0.3, -0.25) is 28.8 Å². The summed E-state index contributed by atoms with van der Waals surface area (Å²) in [7, 11) is 0. The van der Waals surface area contributed by atoms with E-state index in [-0.39, 0.29) is 52.8 Å². The summed E-state index contributed by atoms with van der Waals surface area (Å²) in [6.45, 7) is 6.66. The quantitative estimate of drug-likeness (QED) is 0.204. The highest BCUT2D eigenvalue weighted by molar-refractivity contribution is 7.12. The fraction of sp³-hybridized carbons (Fsp3) is 0.636. The molecular formula is C44H57N5O6S. The Morgan fingerprint density at radius 1 is 0.839 bits per heavy atom. The van der Waals surface area contributed by atoms with Crippen LogP contribution in [-0.4, -0.2) is 77.0 Å². The molecule has 4 N–H and O–H groups in total. The Labute approximate surface area is 333 Å². The van der Waals surface area contributed by atoms with E-state index in [1.165, 1.54) is 11.3 Å². The van der Waals surface area contributed by atoms with Crippen molar-refractivity contribution in [1.29, 1.82) is 0 Å². The minimum Gasteiger partial charge on any atom is -0.347 e. The zero-order valence-corrected chi connectivity index (χ0v) is 33.8. The van der Waals surface area contributed by atoms with Gasteiger partial charge >= 0.3 is 0 Å². The van der Waals surface area contributed by atoms with E-state index in [1.807, 2.05) is 23.6 Å². The smallest absolute Gasteiger partial charge is 0.289 e. The van der Waals surface area contributed by atoms with E-state index >= 15 is 4.79 Å². The van der Waals surface area contributed by atoms with E-state index in [0.717, 1.165) is 75.3 Å². The molecule has 1 aromatic carbocycles. The van der Waals surface area contributed by atoms with Crippen molar-refractivity contribution in [3.05, 3.63) is 57.8 Å². The minimum absolute atomic E-state index is 0.0145. The monoisotopic (exact) mass is 783 g/mol. The molecule has 1 aliphatic heterocycles. The summed E-state index contributed by atoms with van der Waals surface area (Å²) in [5.41, 5.74) is 1.57. The summed E-state index contributed by atoms with van der Waals surface area (Å²) in [4.78, 5) is 86.8. The number of nitrogens with zero attached hydrogens (tertiary/aromatic N) is 1. The number of likely N-dealkylation sites (tertiary alicyclic amines) is 1. The number of Topliss-reactive ketones (excluding diaryl/α,β-unsaturated/α-hetero) is 1. The Balaban J connectivity index is 1.07. The predicted octanol–water partition coefficient (Wildman–Crippen LogP) is 4.72. The lowest BCUT2D eigenvalue weighted by molar-refractivity contribution is -0.146. The van der Waals surface area contributed by atoms with Gasteiger partial charge in [-0.15, -0.1) is 11.3 Å². The summed E-state index contributed by atoms with van der Waals surface area (Å²) in [6, 6.07) is 8.05. The van der Waals surface area contributed by atoms with Crippen LogP contribution in [0.2, 0.25) is 0 Å². The van der Waals surface area contributed by atoms with Crippen molar-refractivity contribution < 1.29 is 28.8 Å². The van der Waals surface area contributed by atoms with Crippen molar-refractivity contribution in [3.8, 4) is 0 Å². The molecule has 5 fully saturated rings. The summed E-state index contributed by atoms with van der Waals surface area (Å²) < 4.78 is 0. The van der Waals surface area contributed by atoms with E-state index in [2.05, 4.69) is 54.2 Å². The van der Waals surface area contributed by atoms with E-state index in [0.29, 0.717) is 30.7 Å². The summed E-state index contributed by atoms with van der Waals surface area (Å²) in [5, 5.41) is 13.9. The van der Waals surface area contributed by atoms with E-state index < -0.39 is 47.2 Å². The molecule has 11 nitrogen and oxygen atoms in total. The molecule has 6 aliphatic rings. The second-order valence-electron chi connectivity index (χ2n) is 18.6. The first-order valence-electron chi connectivity index (χ1n) is 21.0. The summed E-state index contributed by atoms with van der Waals surface area (Å²) in [6.07, 6.45) is 10.8. The first kappa shape index (κ1) is 38.8. The van der Waals surface area contributed by atoms with Crippen LogP contribution in [0.4, 0.5) is 0 Å². The van der Waals surface area contributed by atoms with Gasteiger partial charge in [-0.1, -0.05) is 89.6 Å². The van der Waals surface area contributed by atoms with Crippen LogP contribution in [0.3, 0.4) is 0 Å². The van der Waals surface area contributed by atoms with Crippen LogP contribution in [-0.2, 0) is 36.8 Å². The third-order valence-electron chi connectivity index (χ3n) is 14.4. The van der Waals surface area contributed by atoms with E-state index in [9.17, 15) is 24.0 Å². The minimum atomic E-state index is -0.965. The average molecular weight is 784 g/mol. The van der Waals surface area contributed by atoms with Crippen molar-refractivity contribution in [2.75, 3.05) is 6.54 Å². The molecule has 2 aromatic rings. The zero-order valence-electron chi connectivity index (χ0n) is 32.9. The molecule has 300 valence electrons. The van der Waals surface area contributed by atoms with Gasteiger partial charge in [-0.2, -0.15) is 0 Å². The maximum absolute atomic E-state index is 15.2. The Kier molecular flexibility index (Phi) is 10.6. The highest BCUT2D eigenvalue weighted by Gasteiger charge is 2.70. The lowest BCUT2D eigenvalue weighted by atomic mass is 9.70.